The van der Waals surface area contributed by atoms with Crippen molar-refractivity contribution in [1.29, 1.82) is 0 Å². The molecule has 0 bridgehead atoms. The van der Waals surface area contributed by atoms with Gasteiger partial charge < -0.3 is 14.2 Å². The first-order valence-corrected chi connectivity index (χ1v) is 4.59. The second-order valence-electron chi connectivity index (χ2n) is 3.70. The van der Waals surface area contributed by atoms with Crippen LogP contribution in [0.4, 0.5) is 0 Å². The van der Waals surface area contributed by atoms with Crippen molar-refractivity contribution in [1.82, 2.24) is 10.2 Å². The number of ether oxygens (including phenoxy) is 3. The molecule has 5 nitrogen and oxygen atoms in total. The molecule has 0 radical (unpaired) electrons. The highest BCUT2D eigenvalue weighted by Crippen LogP contribution is 2.22. The summed E-state index contributed by atoms with van der Waals surface area (Å²) in [5.74, 6) is 0.239. The number of hydrogen-bond acceptors (Lipinski definition) is 4. The van der Waals surface area contributed by atoms with Gasteiger partial charge in [0.05, 0.1) is 19.0 Å². The number of nitrogens with zero attached hydrogens (tertiary/aromatic N) is 1. The molecule has 1 saturated heterocycles. The van der Waals surface area contributed by atoms with Gasteiger partial charge in [-0.25, -0.2) is 0 Å². The van der Waals surface area contributed by atoms with Crippen molar-refractivity contribution in [2.24, 2.45) is 0 Å². The van der Waals surface area contributed by atoms with E-state index in [9.17, 15) is 0 Å². The Morgan fingerprint density at radius 2 is 2.57 bits per heavy atom. The van der Waals surface area contributed by atoms with Crippen molar-refractivity contribution < 1.29 is 14.2 Å². The van der Waals surface area contributed by atoms with Gasteiger partial charge in [-0.1, -0.05) is 0 Å². The predicted molar refractivity (Wildman–Crippen MR) is 49.0 cm³/mol. The predicted octanol–water partition coefficient (Wildman–Crippen LogP) is 0.940. The monoisotopic (exact) mass is 198 g/mol. The second kappa shape index (κ2) is 3.59. The molecule has 1 aliphatic heterocycles. The summed E-state index contributed by atoms with van der Waals surface area (Å²) >= 11 is 0. The molecular weight excluding hydrogens is 184 g/mol. The average molecular weight is 198 g/mol. The lowest BCUT2D eigenvalue weighted by atomic mass is 10.4. The summed E-state index contributed by atoms with van der Waals surface area (Å²) in [5, 5.41) is 6.45. The zero-order valence-electron chi connectivity index (χ0n) is 8.32. The van der Waals surface area contributed by atoms with Gasteiger partial charge in [0.2, 0.25) is 0 Å². The summed E-state index contributed by atoms with van der Waals surface area (Å²) < 4.78 is 16.4. The highest BCUT2D eigenvalue weighted by Gasteiger charge is 2.32. The van der Waals surface area contributed by atoms with E-state index in [-0.39, 0.29) is 6.10 Å². The molecule has 14 heavy (non-hydrogen) atoms. The van der Waals surface area contributed by atoms with Crippen LogP contribution in [-0.2, 0) is 9.47 Å². The zero-order chi connectivity index (χ0) is 10.0. The lowest BCUT2D eigenvalue weighted by Gasteiger charge is -2.16. The topological polar surface area (TPSA) is 56.4 Å². The second-order valence-corrected chi connectivity index (χ2v) is 3.70. The quantitative estimate of drug-likeness (QED) is 0.785. The van der Waals surface area contributed by atoms with Gasteiger partial charge in [0.1, 0.15) is 12.7 Å². The van der Waals surface area contributed by atoms with Crippen LogP contribution in [-0.4, -0.2) is 35.3 Å². The van der Waals surface area contributed by atoms with Crippen LogP contribution in [0.5, 0.6) is 5.75 Å². The first kappa shape index (κ1) is 9.48. The van der Waals surface area contributed by atoms with E-state index in [1.54, 1.807) is 12.4 Å². The molecule has 78 valence electrons. The standard InChI is InChI=1S/C9H14N2O3/c1-9(2)13-6-8(14-9)5-12-7-3-10-11-4-7/h3-4,8H,5-6H2,1-2H3,(H,10,11). The van der Waals surface area contributed by atoms with Crippen molar-refractivity contribution in [3.05, 3.63) is 12.4 Å². The molecule has 0 amide bonds. The van der Waals surface area contributed by atoms with E-state index in [1.165, 1.54) is 0 Å². The van der Waals surface area contributed by atoms with E-state index >= 15 is 0 Å². The maximum atomic E-state index is 5.57. The fraction of sp³-hybridized carbons (Fsp3) is 0.667. The molecule has 1 aromatic heterocycles. The van der Waals surface area contributed by atoms with Gasteiger partial charge in [0, 0.05) is 0 Å². The molecule has 1 fully saturated rings. The third kappa shape index (κ3) is 2.24. The van der Waals surface area contributed by atoms with Crippen LogP contribution in [0.1, 0.15) is 13.8 Å². The molecular formula is C9H14N2O3. The number of aromatic nitrogens is 2. The van der Waals surface area contributed by atoms with E-state index in [2.05, 4.69) is 10.2 Å². The minimum atomic E-state index is -0.482. The van der Waals surface area contributed by atoms with Crippen LogP contribution in [0.2, 0.25) is 0 Å². The van der Waals surface area contributed by atoms with Crippen molar-refractivity contribution in [2.75, 3.05) is 13.2 Å². The van der Waals surface area contributed by atoms with E-state index in [0.717, 1.165) is 5.75 Å². The minimum absolute atomic E-state index is 0.0000926. The van der Waals surface area contributed by atoms with Crippen molar-refractivity contribution >= 4 is 0 Å². The molecule has 2 heterocycles. The number of hydrogen-bond donors (Lipinski definition) is 1. The Labute approximate surface area is 82.4 Å². The molecule has 0 aromatic carbocycles. The van der Waals surface area contributed by atoms with Gasteiger partial charge in [-0.05, 0) is 13.8 Å². The summed E-state index contributed by atoms with van der Waals surface area (Å²) in [6.45, 7) is 4.85. The molecule has 1 unspecified atom stereocenters. The summed E-state index contributed by atoms with van der Waals surface area (Å²) in [7, 11) is 0. The molecule has 0 saturated carbocycles. The van der Waals surface area contributed by atoms with Crippen LogP contribution in [0.25, 0.3) is 0 Å². The lowest BCUT2D eigenvalue weighted by molar-refractivity contribution is -0.141. The molecule has 1 atom stereocenters. The summed E-state index contributed by atoms with van der Waals surface area (Å²) in [6, 6.07) is 0. The number of nitrogens with one attached hydrogen (secondary N) is 1. The van der Waals surface area contributed by atoms with Gasteiger partial charge in [-0.3, -0.25) is 5.10 Å². The Kier molecular flexibility index (Phi) is 2.43. The van der Waals surface area contributed by atoms with Gasteiger partial charge in [0.15, 0.2) is 11.5 Å². The van der Waals surface area contributed by atoms with E-state index in [0.29, 0.717) is 13.2 Å². The summed E-state index contributed by atoms with van der Waals surface area (Å²) in [4.78, 5) is 0. The molecule has 0 aliphatic carbocycles. The van der Waals surface area contributed by atoms with E-state index in [1.807, 2.05) is 13.8 Å². The highest BCUT2D eigenvalue weighted by atomic mass is 16.7. The summed E-state index contributed by atoms with van der Waals surface area (Å²) in [5.41, 5.74) is 0. The fourth-order valence-electron chi connectivity index (χ4n) is 1.35. The number of aromatic amines is 1. The van der Waals surface area contributed by atoms with E-state index < -0.39 is 5.79 Å². The Morgan fingerprint density at radius 1 is 1.71 bits per heavy atom. The van der Waals surface area contributed by atoms with Crippen LogP contribution in [0, 0.1) is 0 Å². The Hall–Kier alpha value is -1.07. The van der Waals surface area contributed by atoms with Gasteiger partial charge in [0.25, 0.3) is 0 Å². The smallest absolute Gasteiger partial charge is 0.163 e. The first-order chi connectivity index (χ1) is 6.66. The SMILES string of the molecule is CC1(C)OCC(COc2cn[nH]c2)O1. The van der Waals surface area contributed by atoms with Gasteiger partial charge >= 0.3 is 0 Å². The number of H-pyrrole nitrogens is 1. The van der Waals surface area contributed by atoms with Gasteiger partial charge in [-0.15, -0.1) is 0 Å². The first-order valence-electron chi connectivity index (χ1n) is 4.59. The van der Waals surface area contributed by atoms with E-state index in [4.69, 9.17) is 14.2 Å². The Morgan fingerprint density at radius 3 is 3.14 bits per heavy atom. The van der Waals surface area contributed by atoms with Crippen molar-refractivity contribution in [2.45, 2.75) is 25.7 Å². The molecule has 1 aliphatic rings. The normalized spacial score (nSPS) is 25.1. The van der Waals surface area contributed by atoms with Crippen LogP contribution in [0.15, 0.2) is 12.4 Å². The Balaban J connectivity index is 1.78. The largest absolute Gasteiger partial charge is 0.487 e. The lowest BCUT2D eigenvalue weighted by Crippen LogP contribution is -2.24. The third-order valence-electron chi connectivity index (χ3n) is 1.98. The zero-order valence-corrected chi connectivity index (χ0v) is 8.32. The average Bonchev–Trinajstić information content (AvgIpc) is 2.70. The fourth-order valence-corrected chi connectivity index (χ4v) is 1.35. The molecule has 1 N–H and O–H groups in total. The van der Waals surface area contributed by atoms with Crippen LogP contribution < -0.4 is 4.74 Å². The van der Waals surface area contributed by atoms with Crippen LogP contribution in [0.3, 0.4) is 0 Å². The summed E-state index contributed by atoms with van der Waals surface area (Å²) in [6.07, 6.45) is 3.32. The molecule has 1 aromatic rings. The van der Waals surface area contributed by atoms with Crippen LogP contribution >= 0.6 is 0 Å². The number of rotatable bonds is 3. The van der Waals surface area contributed by atoms with Gasteiger partial charge in [-0.2, -0.15) is 5.10 Å². The maximum Gasteiger partial charge on any atom is 0.163 e. The Bertz CT molecular complexity index is 284. The molecule has 2 rings (SSSR count). The maximum absolute atomic E-state index is 5.57. The highest BCUT2D eigenvalue weighted by molar-refractivity contribution is 5.10. The molecule has 5 heteroatoms. The minimum Gasteiger partial charge on any atom is -0.487 e. The molecule has 0 spiro atoms. The third-order valence-corrected chi connectivity index (χ3v) is 1.98. The van der Waals surface area contributed by atoms with Crippen molar-refractivity contribution in [3.8, 4) is 5.75 Å². The van der Waals surface area contributed by atoms with Crippen molar-refractivity contribution in [3.63, 3.8) is 0 Å².